The average molecular weight is 221 g/mol. The number of aromatic nitrogens is 2. The third kappa shape index (κ3) is 2.57. The Morgan fingerprint density at radius 3 is 2.87 bits per heavy atom. The van der Waals surface area contributed by atoms with Gasteiger partial charge in [0.25, 0.3) is 0 Å². The van der Waals surface area contributed by atoms with Gasteiger partial charge in [0.1, 0.15) is 5.15 Å². The van der Waals surface area contributed by atoms with Crippen molar-refractivity contribution in [3.8, 4) is 0 Å². The SMILES string of the molecule is Nc1cccc(Nc2cncc(Cl)n2)c1. The summed E-state index contributed by atoms with van der Waals surface area (Å²) in [6, 6.07) is 7.37. The van der Waals surface area contributed by atoms with Gasteiger partial charge in [0.05, 0.1) is 12.4 Å². The summed E-state index contributed by atoms with van der Waals surface area (Å²) in [5, 5.41) is 3.40. The zero-order valence-corrected chi connectivity index (χ0v) is 8.57. The molecule has 0 aliphatic carbocycles. The summed E-state index contributed by atoms with van der Waals surface area (Å²) in [6.45, 7) is 0. The minimum absolute atomic E-state index is 0.351. The van der Waals surface area contributed by atoms with E-state index in [2.05, 4.69) is 15.3 Å². The monoisotopic (exact) mass is 220 g/mol. The van der Waals surface area contributed by atoms with Crippen LogP contribution in [0.2, 0.25) is 5.15 Å². The first-order chi connectivity index (χ1) is 7.24. The van der Waals surface area contributed by atoms with Gasteiger partial charge in [-0.15, -0.1) is 0 Å². The molecule has 0 bridgehead atoms. The van der Waals surface area contributed by atoms with Gasteiger partial charge in [-0.1, -0.05) is 17.7 Å². The van der Waals surface area contributed by atoms with E-state index in [9.17, 15) is 0 Å². The third-order valence-corrected chi connectivity index (χ3v) is 1.95. The summed E-state index contributed by atoms with van der Waals surface area (Å²) >= 11 is 5.70. The number of nitrogens with two attached hydrogens (primary N) is 1. The fraction of sp³-hybridized carbons (Fsp3) is 0. The molecular weight excluding hydrogens is 212 g/mol. The molecule has 0 fully saturated rings. The van der Waals surface area contributed by atoms with E-state index < -0.39 is 0 Å². The minimum atomic E-state index is 0.351. The number of hydrogen-bond donors (Lipinski definition) is 2. The Kier molecular flexibility index (Phi) is 2.69. The van der Waals surface area contributed by atoms with E-state index in [0.717, 1.165) is 5.69 Å². The smallest absolute Gasteiger partial charge is 0.150 e. The lowest BCUT2D eigenvalue weighted by molar-refractivity contribution is 1.20. The molecule has 0 atom stereocenters. The zero-order chi connectivity index (χ0) is 10.7. The van der Waals surface area contributed by atoms with Crippen LogP contribution in [-0.2, 0) is 0 Å². The third-order valence-electron chi connectivity index (χ3n) is 1.76. The fourth-order valence-electron chi connectivity index (χ4n) is 1.17. The van der Waals surface area contributed by atoms with Crippen LogP contribution in [0.25, 0.3) is 0 Å². The Bertz CT molecular complexity index is 429. The number of rotatable bonds is 2. The molecule has 5 heteroatoms. The molecule has 1 heterocycles. The lowest BCUT2D eigenvalue weighted by atomic mass is 10.3. The van der Waals surface area contributed by atoms with Gasteiger partial charge in [-0.05, 0) is 18.2 Å². The highest BCUT2D eigenvalue weighted by atomic mass is 35.5. The first-order valence-corrected chi connectivity index (χ1v) is 4.72. The predicted octanol–water partition coefficient (Wildman–Crippen LogP) is 2.46. The number of nitrogens with one attached hydrogen (secondary N) is 1. The molecule has 0 saturated carbocycles. The van der Waals surface area contributed by atoms with Crippen LogP contribution in [0, 0.1) is 0 Å². The maximum Gasteiger partial charge on any atom is 0.150 e. The summed E-state index contributed by atoms with van der Waals surface area (Å²) in [5.41, 5.74) is 7.18. The van der Waals surface area contributed by atoms with E-state index in [1.54, 1.807) is 6.20 Å². The largest absolute Gasteiger partial charge is 0.399 e. The van der Waals surface area contributed by atoms with Crippen molar-refractivity contribution in [3.05, 3.63) is 41.8 Å². The highest BCUT2D eigenvalue weighted by Crippen LogP contribution is 2.17. The number of benzene rings is 1. The van der Waals surface area contributed by atoms with E-state index in [4.69, 9.17) is 17.3 Å². The van der Waals surface area contributed by atoms with E-state index in [-0.39, 0.29) is 0 Å². The average Bonchev–Trinajstić information content (AvgIpc) is 2.17. The molecule has 2 aromatic rings. The van der Waals surface area contributed by atoms with Crippen LogP contribution in [0.5, 0.6) is 0 Å². The summed E-state index contributed by atoms with van der Waals surface area (Å²) < 4.78 is 0. The molecule has 0 unspecified atom stereocenters. The molecule has 15 heavy (non-hydrogen) atoms. The van der Waals surface area contributed by atoms with Gasteiger partial charge in [-0.3, -0.25) is 4.98 Å². The number of hydrogen-bond acceptors (Lipinski definition) is 4. The lowest BCUT2D eigenvalue weighted by Crippen LogP contribution is -1.95. The van der Waals surface area contributed by atoms with Crippen LogP contribution < -0.4 is 11.1 Å². The van der Waals surface area contributed by atoms with E-state index in [0.29, 0.717) is 16.7 Å². The molecule has 1 aromatic heterocycles. The predicted molar refractivity (Wildman–Crippen MR) is 61.2 cm³/mol. The number of nitrogen functional groups attached to an aromatic ring is 1. The Morgan fingerprint density at radius 1 is 1.27 bits per heavy atom. The molecule has 0 spiro atoms. The van der Waals surface area contributed by atoms with Crippen LogP contribution in [0.4, 0.5) is 17.2 Å². The maximum atomic E-state index is 5.70. The van der Waals surface area contributed by atoms with Crippen LogP contribution in [0.3, 0.4) is 0 Å². The van der Waals surface area contributed by atoms with Crippen LogP contribution in [0.15, 0.2) is 36.7 Å². The van der Waals surface area contributed by atoms with Crippen molar-refractivity contribution in [2.45, 2.75) is 0 Å². The molecule has 3 N–H and O–H groups in total. The van der Waals surface area contributed by atoms with Crippen molar-refractivity contribution in [3.63, 3.8) is 0 Å². The van der Waals surface area contributed by atoms with Gasteiger partial charge in [-0.25, -0.2) is 4.98 Å². The molecule has 0 saturated heterocycles. The van der Waals surface area contributed by atoms with E-state index in [1.165, 1.54) is 6.20 Å². The normalized spacial score (nSPS) is 9.93. The number of halogens is 1. The molecule has 2 rings (SSSR count). The Hall–Kier alpha value is -1.81. The van der Waals surface area contributed by atoms with Crippen molar-refractivity contribution in [1.29, 1.82) is 0 Å². The Balaban J connectivity index is 2.22. The minimum Gasteiger partial charge on any atom is -0.399 e. The fourth-order valence-corrected chi connectivity index (χ4v) is 1.31. The van der Waals surface area contributed by atoms with Crippen molar-refractivity contribution in [2.75, 3.05) is 11.1 Å². The highest BCUT2D eigenvalue weighted by molar-refractivity contribution is 6.29. The van der Waals surface area contributed by atoms with Crippen molar-refractivity contribution < 1.29 is 0 Å². The van der Waals surface area contributed by atoms with E-state index in [1.807, 2.05) is 24.3 Å². The first-order valence-electron chi connectivity index (χ1n) is 4.34. The van der Waals surface area contributed by atoms with E-state index >= 15 is 0 Å². The summed E-state index contributed by atoms with van der Waals surface area (Å²) in [7, 11) is 0. The topological polar surface area (TPSA) is 63.8 Å². The Morgan fingerprint density at radius 2 is 2.13 bits per heavy atom. The number of anilines is 3. The molecule has 0 amide bonds. The summed E-state index contributed by atoms with van der Waals surface area (Å²) in [5.74, 6) is 0.591. The van der Waals surface area contributed by atoms with Crippen LogP contribution in [0.1, 0.15) is 0 Å². The highest BCUT2D eigenvalue weighted by Gasteiger charge is 1.97. The van der Waals surface area contributed by atoms with Crippen LogP contribution >= 0.6 is 11.6 Å². The van der Waals surface area contributed by atoms with Crippen molar-refractivity contribution >= 4 is 28.8 Å². The second kappa shape index (κ2) is 4.14. The molecule has 0 aliphatic heterocycles. The lowest BCUT2D eigenvalue weighted by Gasteiger charge is -2.05. The molecule has 76 valence electrons. The van der Waals surface area contributed by atoms with Gasteiger partial charge in [0, 0.05) is 11.4 Å². The number of nitrogens with zero attached hydrogens (tertiary/aromatic N) is 2. The summed E-state index contributed by atoms with van der Waals surface area (Å²) in [6.07, 6.45) is 3.07. The van der Waals surface area contributed by atoms with Gasteiger partial charge < -0.3 is 11.1 Å². The zero-order valence-electron chi connectivity index (χ0n) is 7.81. The standard InChI is InChI=1S/C10H9ClN4/c11-9-5-13-6-10(15-9)14-8-3-1-2-7(12)4-8/h1-6H,12H2,(H,14,15). The van der Waals surface area contributed by atoms with Gasteiger partial charge in [0.2, 0.25) is 0 Å². The second-order valence-corrected chi connectivity index (χ2v) is 3.36. The van der Waals surface area contributed by atoms with Crippen molar-refractivity contribution in [2.24, 2.45) is 0 Å². The molecule has 1 aromatic carbocycles. The van der Waals surface area contributed by atoms with Gasteiger partial charge in [-0.2, -0.15) is 0 Å². The van der Waals surface area contributed by atoms with Gasteiger partial charge >= 0.3 is 0 Å². The molecular formula is C10H9ClN4. The quantitative estimate of drug-likeness (QED) is 0.764. The van der Waals surface area contributed by atoms with Crippen molar-refractivity contribution in [1.82, 2.24) is 9.97 Å². The Labute approximate surface area is 92.1 Å². The first kappa shape index (κ1) is 9.73. The molecule has 0 radical (unpaired) electrons. The second-order valence-electron chi connectivity index (χ2n) is 2.98. The maximum absolute atomic E-state index is 5.70. The summed E-state index contributed by atoms with van der Waals surface area (Å²) in [4.78, 5) is 7.96. The van der Waals surface area contributed by atoms with Crippen LogP contribution in [-0.4, -0.2) is 9.97 Å². The molecule has 0 aliphatic rings. The molecule has 4 nitrogen and oxygen atoms in total. The van der Waals surface area contributed by atoms with Gasteiger partial charge in [0.15, 0.2) is 5.82 Å².